The summed E-state index contributed by atoms with van der Waals surface area (Å²) in [6.45, 7) is 1.63. The first-order valence-electron chi connectivity index (χ1n) is 5.11. The highest BCUT2D eigenvalue weighted by atomic mass is 35.5. The lowest BCUT2D eigenvalue weighted by Gasteiger charge is -2.18. The molecule has 1 unspecified atom stereocenters. The minimum Gasteiger partial charge on any atom is -0.478 e. The number of nitrogens with two attached hydrogens (primary N) is 1. The fourth-order valence-electron chi connectivity index (χ4n) is 1.90. The quantitative estimate of drug-likeness (QED) is 0.824. The van der Waals surface area contributed by atoms with E-state index in [9.17, 15) is 4.79 Å². The van der Waals surface area contributed by atoms with Crippen molar-refractivity contribution < 1.29 is 9.90 Å². The van der Waals surface area contributed by atoms with Gasteiger partial charge in [-0.2, -0.15) is 0 Å². The predicted molar refractivity (Wildman–Crippen MR) is 63.2 cm³/mol. The highest BCUT2D eigenvalue weighted by Gasteiger charge is 2.20. The minimum atomic E-state index is -1.00. The molecule has 3 N–H and O–H groups in total. The van der Waals surface area contributed by atoms with Crippen molar-refractivity contribution in [3.05, 3.63) is 28.8 Å². The predicted octanol–water partition coefficient (Wildman–Crippen LogP) is 1.58. The molecule has 0 bridgehead atoms. The number of benzene rings is 1. The summed E-state index contributed by atoms with van der Waals surface area (Å²) in [5.74, 6) is -1.00. The molecule has 0 amide bonds. The summed E-state index contributed by atoms with van der Waals surface area (Å²) in [5.41, 5.74) is 6.81. The van der Waals surface area contributed by atoms with E-state index < -0.39 is 5.97 Å². The summed E-state index contributed by atoms with van der Waals surface area (Å²) < 4.78 is 0. The Kier molecular flexibility index (Phi) is 3.03. The number of carboxylic acids is 1. The monoisotopic (exact) mass is 240 g/mol. The van der Waals surface area contributed by atoms with E-state index in [1.54, 1.807) is 12.1 Å². The van der Waals surface area contributed by atoms with Crippen molar-refractivity contribution in [2.24, 2.45) is 5.73 Å². The summed E-state index contributed by atoms with van der Waals surface area (Å²) in [5, 5.41) is 9.22. The SMILES string of the molecule is NC1CCN(c2ccc(Cl)c(C(=O)O)c2)C1. The Balaban J connectivity index is 2.29. The summed E-state index contributed by atoms with van der Waals surface area (Å²) in [6, 6.07) is 5.21. The molecule has 4 nitrogen and oxygen atoms in total. The fourth-order valence-corrected chi connectivity index (χ4v) is 2.09. The van der Waals surface area contributed by atoms with Crippen LogP contribution in [0.5, 0.6) is 0 Å². The van der Waals surface area contributed by atoms with Crippen LogP contribution in [-0.4, -0.2) is 30.2 Å². The van der Waals surface area contributed by atoms with Crippen LogP contribution in [0.3, 0.4) is 0 Å². The van der Waals surface area contributed by atoms with Gasteiger partial charge in [-0.25, -0.2) is 4.79 Å². The number of halogens is 1. The molecule has 16 heavy (non-hydrogen) atoms. The van der Waals surface area contributed by atoms with E-state index in [-0.39, 0.29) is 16.6 Å². The van der Waals surface area contributed by atoms with Crippen molar-refractivity contribution in [1.29, 1.82) is 0 Å². The highest BCUT2D eigenvalue weighted by molar-refractivity contribution is 6.33. The van der Waals surface area contributed by atoms with Gasteiger partial charge in [-0.3, -0.25) is 0 Å². The Labute approximate surface area is 98.6 Å². The molecule has 5 heteroatoms. The van der Waals surface area contributed by atoms with Crippen LogP contribution < -0.4 is 10.6 Å². The molecule has 1 heterocycles. The normalized spacial score (nSPS) is 20.1. The van der Waals surface area contributed by atoms with Gasteiger partial charge in [-0.15, -0.1) is 0 Å². The van der Waals surface area contributed by atoms with Crippen molar-refractivity contribution >= 4 is 23.3 Å². The Morgan fingerprint density at radius 2 is 2.31 bits per heavy atom. The lowest BCUT2D eigenvalue weighted by atomic mass is 10.2. The third-order valence-electron chi connectivity index (χ3n) is 2.77. The molecule has 1 aromatic carbocycles. The van der Waals surface area contributed by atoms with Crippen molar-refractivity contribution in [2.75, 3.05) is 18.0 Å². The van der Waals surface area contributed by atoms with Crippen LogP contribution in [0.1, 0.15) is 16.8 Å². The largest absolute Gasteiger partial charge is 0.478 e. The second-order valence-corrected chi connectivity index (χ2v) is 4.37. The van der Waals surface area contributed by atoms with Gasteiger partial charge in [0.05, 0.1) is 10.6 Å². The first-order valence-corrected chi connectivity index (χ1v) is 5.49. The molecule has 1 saturated heterocycles. The van der Waals surface area contributed by atoms with Crippen LogP contribution in [0.15, 0.2) is 18.2 Å². The van der Waals surface area contributed by atoms with Gasteiger partial charge in [0, 0.05) is 24.8 Å². The van der Waals surface area contributed by atoms with Crippen molar-refractivity contribution in [1.82, 2.24) is 0 Å². The maximum Gasteiger partial charge on any atom is 0.337 e. The van der Waals surface area contributed by atoms with Gasteiger partial charge < -0.3 is 15.7 Å². The van der Waals surface area contributed by atoms with E-state index in [1.165, 1.54) is 0 Å². The first kappa shape index (κ1) is 11.2. The second-order valence-electron chi connectivity index (χ2n) is 3.96. The average molecular weight is 241 g/mol. The standard InChI is InChI=1S/C11H13ClN2O2/c12-10-2-1-8(5-9(10)11(15)16)14-4-3-7(13)6-14/h1-2,5,7H,3-4,6,13H2,(H,15,16). The zero-order valence-corrected chi connectivity index (χ0v) is 9.44. The van der Waals surface area contributed by atoms with Crippen LogP contribution >= 0.6 is 11.6 Å². The maximum absolute atomic E-state index is 10.9. The van der Waals surface area contributed by atoms with Gasteiger partial charge in [0.25, 0.3) is 0 Å². The molecule has 86 valence electrons. The summed E-state index contributed by atoms with van der Waals surface area (Å²) in [6.07, 6.45) is 0.936. The van der Waals surface area contributed by atoms with Crippen LogP contribution in [0.25, 0.3) is 0 Å². The Morgan fingerprint density at radius 1 is 1.56 bits per heavy atom. The number of rotatable bonds is 2. The molecule has 0 radical (unpaired) electrons. The molecular formula is C11H13ClN2O2. The number of nitrogens with zero attached hydrogens (tertiary/aromatic N) is 1. The van der Waals surface area contributed by atoms with Crippen molar-refractivity contribution in [3.63, 3.8) is 0 Å². The van der Waals surface area contributed by atoms with Crippen LogP contribution in [0, 0.1) is 0 Å². The molecule has 0 aromatic heterocycles. The molecule has 1 aliphatic rings. The van der Waals surface area contributed by atoms with E-state index in [4.69, 9.17) is 22.4 Å². The smallest absolute Gasteiger partial charge is 0.337 e. The lowest BCUT2D eigenvalue weighted by molar-refractivity contribution is 0.0697. The van der Waals surface area contributed by atoms with Crippen molar-refractivity contribution in [2.45, 2.75) is 12.5 Å². The van der Waals surface area contributed by atoms with E-state index in [1.807, 2.05) is 6.07 Å². The van der Waals surface area contributed by atoms with Gasteiger partial charge in [-0.1, -0.05) is 11.6 Å². The van der Waals surface area contributed by atoms with Crippen LogP contribution in [-0.2, 0) is 0 Å². The van der Waals surface area contributed by atoms with E-state index in [0.717, 1.165) is 25.2 Å². The van der Waals surface area contributed by atoms with E-state index in [2.05, 4.69) is 4.90 Å². The van der Waals surface area contributed by atoms with Crippen molar-refractivity contribution in [3.8, 4) is 0 Å². The maximum atomic E-state index is 10.9. The van der Waals surface area contributed by atoms with Gasteiger partial charge in [-0.05, 0) is 24.6 Å². The first-order chi connectivity index (χ1) is 7.58. The lowest BCUT2D eigenvalue weighted by Crippen LogP contribution is -2.26. The molecule has 0 saturated carbocycles. The molecule has 1 aliphatic heterocycles. The topological polar surface area (TPSA) is 66.6 Å². The van der Waals surface area contributed by atoms with Crippen LogP contribution in [0.2, 0.25) is 5.02 Å². The molecule has 2 rings (SSSR count). The molecule has 1 aromatic rings. The molecule has 1 atom stereocenters. The number of carboxylic acid groups (broad SMARTS) is 1. The fraction of sp³-hybridized carbons (Fsp3) is 0.364. The minimum absolute atomic E-state index is 0.139. The summed E-state index contributed by atoms with van der Waals surface area (Å²) in [7, 11) is 0. The summed E-state index contributed by atoms with van der Waals surface area (Å²) in [4.78, 5) is 13.0. The Hall–Kier alpha value is -1.26. The van der Waals surface area contributed by atoms with Crippen LogP contribution in [0.4, 0.5) is 5.69 Å². The number of aromatic carboxylic acids is 1. The number of carbonyl (C=O) groups is 1. The third-order valence-corrected chi connectivity index (χ3v) is 3.10. The third kappa shape index (κ3) is 2.13. The Bertz CT molecular complexity index is 422. The zero-order valence-electron chi connectivity index (χ0n) is 8.69. The number of hydrogen-bond acceptors (Lipinski definition) is 3. The highest BCUT2D eigenvalue weighted by Crippen LogP contribution is 2.25. The van der Waals surface area contributed by atoms with Gasteiger partial charge in [0.2, 0.25) is 0 Å². The number of anilines is 1. The van der Waals surface area contributed by atoms with Gasteiger partial charge in [0.15, 0.2) is 0 Å². The molecule has 0 spiro atoms. The van der Waals surface area contributed by atoms with E-state index >= 15 is 0 Å². The zero-order chi connectivity index (χ0) is 11.7. The average Bonchev–Trinajstić information content (AvgIpc) is 2.65. The van der Waals surface area contributed by atoms with Gasteiger partial charge in [0.1, 0.15) is 0 Å². The Morgan fingerprint density at radius 3 is 2.88 bits per heavy atom. The molecule has 1 fully saturated rings. The second kappa shape index (κ2) is 4.31. The molecule has 0 aliphatic carbocycles. The van der Waals surface area contributed by atoms with Gasteiger partial charge >= 0.3 is 5.97 Å². The molecular weight excluding hydrogens is 228 g/mol. The summed E-state index contributed by atoms with van der Waals surface area (Å²) >= 11 is 5.80. The number of hydrogen-bond donors (Lipinski definition) is 2. The van der Waals surface area contributed by atoms with E-state index in [0.29, 0.717) is 0 Å².